The van der Waals surface area contributed by atoms with Crippen molar-refractivity contribution in [2.75, 3.05) is 11.5 Å². The predicted molar refractivity (Wildman–Crippen MR) is 91.6 cm³/mol. The minimum atomic E-state index is -3.35. The van der Waals surface area contributed by atoms with Crippen LogP contribution in [0.2, 0.25) is 0 Å². The largest absolute Gasteiger partial charge is 0.352 e. The number of carbonyl (C=O) groups excluding carboxylic acids is 1. The summed E-state index contributed by atoms with van der Waals surface area (Å²) in [6.07, 6.45) is 14.4. The Balaban J connectivity index is 2.44. The van der Waals surface area contributed by atoms with Gasteiger partial charge in [-0.15, -0.1) is 6.58 Å². The Hall–Kier alpha value is -0.840. The maximum Gasteiger partial charge on any atom is 0.235 e. The summed E-state index contributed by atoms with van der Waals surface area (Å²) in [6.45, 7) is 3.42. The second-order valence-electron chi connectivity index (χ2n) is 6.37. The highest BCUT2D eigenvalue weighted by molar-refractivity contribution is 7.92. The Morgan fingerprint density at radius 2 is 1.41 bits per heavy atom. The van der Waals surface area contributed by atoms with E-state index in [2.05, 4.69) is 11.9 Å². The van der Waals surface area contributed by atoms with Crippen LogP contribution in [0.5, 0.6) is 0 Å². The van der Waals surface area contributed by atoms with Gasteiger partial charge in [0.1, 0.15) is 5.75 Å². The first-order chi connectivity index (χ1) is 10.5. The van der Waals surface area contributed by atoms with E-state index in [9.17, 15) is 13.2 Å². The molecule has 0 aliphatic heterocycles. The van der Waals surface area contributed by atoms with Crippen LogP contribution in [0.1, 0.15) is 70.6 Å². The Morgan fingerprint density at radius 3 is 1.86 bits per heavy atom. The van der Waals surface area contributed by atoms with Gasteiger partial charge in [-0.3, -0.25) is 4.79 Å². The lowest BCUT2D eigenvalue weighted by molar-refractivity contribution is -0.119. The Morgan fingerprint density at radius 1 is 0.955 bits per heavy atom. The average molecular weight is 330 g/mol. The van der Waals surface area contributed by atoms with E-state index in [1.807, 2.05) is 0 Å². The molecule has 0 bridgehead atoms. The minimum Gasteiger partial charge on any atom is -0.352 e. The van der Waals surface area contributed by atoms with E-state index in [1.54, 1.807) is 0 Å². The number of carbonyl (C=O) groups is 1. The summed E-state index contributed by atoms with van der Waals surface area (Å²) in [6, 6.07) is 0.130. The van der Waals surface area contributed by atoms with Crippen LogP contribution in [0.15, 0.2) is 12.7 Å². The first-order valence-electron chi connectivity index (χ1n) is 8.64. The molecule has 1 amide bonds. The molecule has 0 saturated heterocycles. The van der Waals surface area contributed by atoms with Gasteiger partial charge in [-0.05, 0) is 12.8 Å². The van der Waals surface area contributed by atoms with Crippen molar-refractivity contribution in [1.29, 1.82) is 0 Å². The third-order valence-electron chi connectivity index (χ3n) is 4.19. The molecule has 1 fully saturated rings. The van der Waals surface area contributed by atoms with E-state index in [4.69, 9.17) is 0 Å². The molecule has 1 aliphatic rings. The van der Waals surface area contributed by atoms with Gasteiger partial charge in [-0.2, -0.15) is 0 Å². The molecule has 4 nitrogen and oxygen atoms in total. The summed E-state index contributed by atoms with van der Waals surface area (Å²) in [5, 5.41) is 2.93. The lowest BCUT2D eigenvalue weighted by atomic mass is 9.98. The van der Waals surface area contributed by atoms with Crippen molar-refractivity contribution in [3.05, 3.63) is 12.7 Å². The van der Waals surface area contributed by atoms with E-state index in [0.717, 1.165) is 25.7 Å². The third-order valence-corrected chi connectivity index (χ3v) is 5.64. The van der Waals surface area contributed by atoms with Crippen molar-refractivity contribution in [2.24, 2.45) is 0 Å². The molecule has 1 aliphatic carbocycles. The molecule has 128 valence electrons. The van der Waals surface area contributed by atoms with Crippen LogP contribution in [0.25, 0.3) is 0 Å². The fourth-order valence-corrected chi connectivity index (χ4v) is 3.97. The van der Waals surface area contributed by atoms with Crippen molar-refractivity contribution in [3.63, 3.8) is 0 Å². The van der Waals surface area contributed by atoms with Gasteiger partial charge < -0.3 is 5.32 Å². The molecule has 0 atom stereocenters. The maximum atomic E-state index is 12.0. The highest BCUT2D eigenvalue weighted by atomic mass is 32.2. The molecule has 0 unspecified atom stereocenters. The standard InChI is InChI=1S/C17H31NO3S/c1-2-14-22(20,21)15-17(19)18-16-12-10-8-6-4-3-5-7-9-11-13-16/h2,16H,1,3-15H2,(H,18,19). The third kappa shape index (κ3) is 9.23. The van der Waals surface area contributed by atoms with Gasteiger partial charge in [0.15, 0.2) is 9.84 Å². The van der Waals surface area contributed by atoms with Crippen molar-refractivity contribution in [3.8, 4) is 0 Å². The lowest BCUT2D eigenvalue weighted by Crippen LogP contribution is -2.39. The molecule has 0 aromatic carbocycles. The summed E-state index contributed by atoms with van der Waals surface area (Å²) < 4.78 is 23.3. The zero-order valence-corrected chi connectivity index (χ0v) is 14.5. The fraction of sp³-hybridized carbons (Fsp3) is 0.824. The molecule has 1 saturated carbocycles. The lowest BCUT2D eigenvalue weighted by Gasteiger charge is -2.19. The van der Waals surface area contributed by atoms with Crippen LogP contribution in [0.3, 0.4) is 0 Å². The van der Waals surface area contributed by atoms with Crippen molar-refractivity contribution >= 4 is 15.7 Å². The Kier molecular flexibility index (Phi) is 9.44. The summed E-state index contributed by atoms with van der Waals surface area (Å²) in [4.78, 5) is 12.0. The van der Waals surface area contributed by atoms with Gasteiger partial charge in [-0.1, -0.05) is 63.9 Å². The van der Waals surface area contributed by atoms with Crippen LogP contribution >= 0.6 is 0 Å². The number of hydrogen-bond acceptors (Lipinski definition) is 3. The van der Waals surface area contributed by atoms with Crippen molar-refractivity contribution in [2.45, 2.75) is 76.7 Å². The van der Waals surface area contributed by atoms with E-state index in [1.165, 1.54) is 51.0 Å². The van der Waals surface area contributed by atoms with E-state index in [0.29, 0.717) is 0 Å². The smallest absolute Gasteiger partial charge is 0.235 e. The van der Waals surface area contributed by atoms with Crippen LogP contribution in [-0.2, 0) is 14.6 Å². The predicted octanol–water partition coefficient (Wildman–Crippen LogP) is 3.38. The number of amides is 1. The fourth-order valence-electron chi connectivity index (χ4n) is 3.02. The topological polar surface area (TPSA) is 63.2 Å². The van der Waals surface area contributed by atoms with Gasteiger partial charge in [0.05, 0.1) is 5.75 Å². The Bertz CT molecular complexity index is 419. The molecule has 0 spiro atoms. The average Bonchev–Trinajstić information content (AvgIpc) is 2.41. The van der Waals surface area contributed by atoms with Crippen LogP contribution in [0, 0.1) is 0 Å². The number of sulfone groups is 1. The molecule has 0 heterocycles. The molecule has 5 heteroatoms. The number of nitrogens with one attached hydrogen (secondary N) is 1. The minimum absolute atomic E-state index is 0.130. The van der Waals surface area contributed by atoms with Gasteiger partial charge in [0.25, 0.3) is 0 Å². The molecular formula is C17H31NO3S. The molecule has 1 N–H and O–H groups in total. The van der Waals surface area contributed by atoms with Gasteiger partial charge in [-0.25, -0.2) is 8.42 Å². The molecule has 1 rings (SSSR count). The van der Waals surface area contributed by atoms with E-state index in [-0.39, 0.29) is 17.7 Å². The second-order valence-corrected chi connectivity index (χ2v) is 8.48. The molecule has 0 aromatic heterocycles. The number of hydrogen-bond donors (Lipinski definition) is 1. The molecule has 0 aromatic rings. The first-order valence-corrected chi connectivity index (χ1v) is 10.5. The zero-order chi connectivity index (χ0) is 16.3. The van der Waals surface area contributed by atoms with E-state index < -0.39 is 15.6 Å². The monoisotopic (exact) mass is 329 g/mol. The molecule has 22 heavy (non-hydrogen) atoms. The highest BCUT2D eigenvalue weighted by Crippen LogP contribution is 2.17. The van der Waals surface area contributed by atoms with Gasteiger partial charge >= 0.3 is 0 Å². The number of rotatable bonds is 5. The maximum absolute atomic E-state index is 12.0. The summed E-state index contributed by atoms with van der Waals surface area (Å²) in [7, 11) is -3.35. The highest BCUT2D eigenvalue weighted by Gasteiger charge is 2.18. The quantitative estimate of drug-likeness (QED) is 0.787. The summed E-state index contributed by atoms with van der Waals surface area (Å²) in [5.74, 6) is -0.917. The van der Waals surface area contributed by atoms with Crippen molar-refractivity contribution < 1.29 is 13.2 Å². The van der Waals surface area contributed by atoms with Crippen molar-refractivity contribution in [1.82, 2.24) is 5.32 Å². The Labute approximate surface area is 135 Å². The van der Waals surface area contributed by atoms with Crippen LogP contribution in [0.4, 0.5) is 0 Å². The van der Waals surface area contributed by atoms with E-state index >= 15 is 0 Å². The molecular weight excluding hydrogens is 298 g/mol. The zero-order valence-electron chi connectivity index (χ0n) is 13.7. The SMILES string of the molecule is C=CCS(=O)(=O)CC(=O)NC1CCCCCCCCCCC1. The second kappa shape index (κ2) is 10.8. The van der Waals surface area contributed by atoms with Gasteiger partial charge in [0.2, 0.25) is 5.91 Å². The van der Waals surface area contributed by atoms with Gasteiger partial charge in [0, 0.05) is 6.04 Å². The normalized spacial score (nSPS) is 19.6. The van der Waals surface area contributed by atoms with Crippen LogP contribution < -0.4 is 5.32 Å². The van der Waals surface area contributed by atoms with Crippen LogP contribution in [-0.4, -0.2) is 31.9 Å². The first kappa shape index (κ1) is 19.2. The summed E-state index contributed by atoms with van der Waals surface area (Å²) >= 11 is 0. The molecule has 0 radical (unpaired) electrons. The summed E-state index contributed by atoms with van der Waals surface area (Å²) in [5.41, 5.74) is 0.